The molecule has 4 rings (SSSR count). The van der Waals surface area contributed by atoms with Gasteiger partial charge in [-0.25, -0.2) is 15.0 Å². The Bertz CT molecular complexity index is 998. The van der Waals surface area contributed by atoms with Crippen LogP contribution in [0.4, 0.5) is 17.3 Å². The molecular weight excluding hydrogens is 374 g/mol. The van der Waals surface area contributed by atoms with Crippen molar-refractivity contribution in [3.8, 4) is 10.6 Å². The van der Waals surface area contributed by atoms with Crippen molar-refractivity contribution in [1.82, 2.24) is 15.0 Å². The van der Waals surface area contributed by atoms with Gasteiger partial charge in [0.25, 0.3) is 5.69 Å². The van der Waals surface area contributed by atoms with Crippen molar-refractivity contribution in [3.05, 3.63) is 57.3 Å². The molecule has 1 N–H and O–H groups in total. The highest BCUT2D eigenvalue weighted by molar-refractivity contribution is 7.15. The van der Waals surface area contributed by atoms with Crippen LogP contribution < -0.4 is 5.32 Å². The van der Waals surface area contributed by atoms with Gasteiger partial charge in [0, 0.05) is 29.9 Å². The number of benzene rings is 1. The lowest BCUT2D eigenvalue weighted by molar-refractivity contribution is -0.384. The number of aryl methyl sites for hydroxylation is 1. The summed E-state index contributed by atoms with van der Waals surface area (Å²) in [6, 6.07) is 8.19. The molecule has 0 saturated heterocycles. The summed E-state index contributed by atoms with van der Waals surface area (Å²) in [5.41, 5.74) is 2.41. The first kappa shape index (κ1) is 18.5. The van der Waals surface area contributed by atoms with Crippen LogP contribution in [0.2, 0.25) is 0 Å². The third-order valence-electron chi connectivity index (χ3n) is 4.97. The minimum atomic E-state index is -0.421. The van der Waals surface area contributed by atoms with Gasteiger partial charge in [0.2, 0.25) is 5.95 Å². The molecule has 0 spiro atoms. The number of thiazole rings is 1. The molecule has 7 nitrogen and oxygen atoms in total. The van der Waals surface area contributed by atoms with E-state index in [0.717, 1.165) is 16.3 Å². The maximum Gasteiger partial charge on any atom is 0.271 e. The van der Waals surface area contributed by atoms with Crippen molar-refractivity contribution in [3.63, 3.8) is 0 Å². The molecule has 1 aliphatic carbocycles. The second-order valence-electron chi connectivity index (χ2n) is 7.00. The van der Waals surface area contributed by atoms with E-state index < -0.39 is 4.92 Å². The normalized spacial score (nSPS) is 14.8. The number of nitro groups is 1. The van der Waals surface area contributed by atoms with Crippen molar-refractivity contribution in [1.29, 1.82) is 0 Å². The minimum Gasteiger partial charge on any atom is -0.324 e. The van der Waals surface area contributed by atoms with E-state index in [1.807, 2.05) is 13.0 Å². The van der Waals surface area contributed by atoms with E-state index in [9.17, 15) is 10.1 Å². The van der Waals surface area contributed by atoms with Gasteiger partial charge in [0.15, 0.2) is 0 Å². The van der Waals surface area contributed by atoms with Gasteiger partial charge in [-0.15, -0.1) is 11.3 Å². The Balaban J connectivity index is 1.58. The van der Waals surface area contributed by atoms with Crippen LogP contribution in [0.25, 0.3) is 10.6 Å². The Morgan fingerprint density at radius 3 is 2.79 bits per heavy atom. The Hall–Kier alpha value is -2.87. The summed E-state index contributed by atoms with van der Waals surface area (Å²) in [5.74, 6) is 0.973. The summed E-state index contributed by atoms with van der Waals surface area (Å²) in [7, 11) is 0. The van der Waals surface area contributed by atoms with Gasteiger partial charge in [-0.2, -0.15) is 0 Å². The fourth-order valence-electron chi connectivity index (χ4n) is 3.55. The fraction of sp³-hybridized carbons (Fsp3) is 0.350. The van der Waals surface area contributed by atoms with Crippen molar-refractivity contribution in [2.24, 2.45) is 0 Å². The zero-order valence-corrected chi connectivity index (χ0v) is 16.4. The van der Waals surface area contributed by atoms with E-state index in [-0.39, 0.29) is 5.69 Å². The Morgan fingerprint density at radius 2 is 2.00 bits per heavy atom. The Kier molecular flexibility index (Phi) is 5.29. The summed E-state index contributed by atoms with van der Waals surface area (Å²) in [6.45, 7) is 2.02. The number of nitrogens with zero attached hydrogens (tertiary/aromatic N) is 4. The van der Waals surface area contributed by atoms with Crippen LogP contribution in [-0.4, -0.2) is 19.9 Å². The summed E-state index contributed by atoms with van der Waals surface area (Å²) in [4.78, 5) is 25.3. The highest BCUT2D eigenvalue weighted by Crippen LogP contribution is 2.38. The topological polar surface area (TPSA) is 93.8 Å². The third kappa shape index (κ3) is 4.01. The van der Waals surface area contributed by atoms with Gasteiger partial charge in [0.1, 0.15) is 0 Å². The van der Waals surface area contributed by atoms with Crippen LogP contribution in [0.3, 0.4) is 0 Å². The summed E-state index contributed by atoms with van der Waals surface area (Å²) >= 11 is 1.72. The van der Waals surface area contributed by atoms with Gasteiger partial charge in [-0.1, -0.05) is 25.3 Å². The first-order valence-electron chi connectivity index (χ1n) is 9.42. The fourth-order valence-corrected chi connectivity index (χ4v) is 4.76. The zero-order chi connectivity index (χ0) is 19.5. The zero-order valence-electron chi connectivity index (χ0n) is 15.6. The average Bonchev–Trinajstić information content (AvgIpc) is 3.11. The summed E-state index contributed by atoms with van der Waals surface area (Å²) in [5, 5.41) is 15.2. The standard InChI is InChI=1S/C20H21N5O2S/c1-13-18(28-19(22-13)14-6-3-2-4-7-14)17-10-11-21-20(24-17)23-15-8-5-9-16(12-15)25(26)27/h5,8-12,14H,2-4,6-7H2,1H3,(H,21,23,24). The molecule has 1 fully saturated rings. The number of non-ortho nitro benzene ring substituents is 1. The molecule has 1 aromatic carbocycles. The van der Waals surface area contributed by atoms with Crippen molar-refractivity contribution in [2.75, 3.05) is 5.32 Å². The predicted octanol–water partition coefficient (Wildman–Crippen LogP) is 5.61. The summed E-state index contributed by atoms with van der Waals surface area (Å²) < 4.78 is 0. The number of nitrogens with one attached hydrogen (secondary N) is 1. The molecule has 0 bridgehead atoms. The van der Waals surface area contributed by atoms with E-state index in [0.29, 0.717) is 17.6 Å². The first-order valence-corrected chi connectivity index (χ1v) is 10.2. The average molecular weight is 395 g/mol. The molecule has 8 heteroatoms. The highest BCUT2D eigenvalue weighted by Gasteiger charge is 2.21. The Morgan fingerprint density at radius 1 is 1.18 bits per heavy atom. The van der Waals surface area contributed by atoms with Crippen LogP contribution in [-0.2, 0) is 0 Å². The van der Waals surface area contributed by atoms with Crippen LogP contribution in [0.1, 0.15) is 48.7 Å². The molecule has 0 atom stereocenters. The molecule has 2 aromatic heterocycles. The van der Waals surface area contributed by atoms with E-state index in [1.165, 1.54) is 49.2 Å². The molecule has 2 heterocycles. The number of hydrogen-bond donors (Lipinski definition) is 1. The van der Waals surface area contributed by atoms with Gasteiger partial charge in [-0.05, 0) is 31.9 Å². The van der Waals surface area contributed by atoms with E-state index >= 15 is 0 Å². The number of aromatic nitrogens is 3. The molecule has 3 aromatic rings. The molecule has 0 aliphatic heterocycles. The predicted molar refractivity (Wildman–Crippen MR) is 110 cm³/mol. The second kappa shape index (κ2) is 8.02. The monoisotopic (exact) mass is 395 g/mol. The van der Waals surface area contributed by atoms with E-state index in [2.05, 4.69) is 15.3 Å². The van der Waals surface area contributed by atoms with Crippen LogP contribution in [0.5, 0.6) is 0 Å². The van der Waals surface area contributed by atoms with Gasteiger partial charge in [-0.3, -0.25) is 10.1 Å². The van der Waals surface area contributed by atoms with E-state index in [1.54, 1.807) is 29.7 Å². The largest absolute Gasteiger partial charge is 0.324 e. The molecular formula is C20H21N5O2S. The SMILES string of the molecule is Cc1nc(C2CCCCC2)sc1-c1ccnc(Nc2cccc([N+](=O)[O-])c2)n1. The number of nitro benzene ring substituents is 1. The molecule has 28 heavy (non-hydrogen) atoms. The molecule has 0 radical (unpaired) electrons. The van der Waals surface area contributed by atoms with Crippen molar-refractivity contribution >= 4 is 28.7 Å². The maximum atomic E-state index is 11.0. The van der Waals surface area contributed by atoms with Crippen molar-refractivity contribution in [2.45, 2.75) is 44.9 Å². The van der Waals surface area contributed by atoms with Crippen molar-refractivity contribution < 1.29 is 4.92 Å². The first-order chi connectivity index (χ1) is 13.6. The number of anilines is 2. The number of hydrogen-bond acceptors (Lipinski definition) is 7. The molecule has 144 valence electrons. The minimum absolute atomic E-state index is 0.0246. The van der Waals surface area contributed by atoms with Gasteiger partial charge >= 0.3 is 0 Å². The van der Waals surface area contributed by atoms with Gasteiger partial charge in [0.05, 0.1) is 26.2 Å². The van der Waals surface area contributed by atoms with Gasteiger partial charge < -0.3 is 5.32 Å². The molecule has 0 amide bonds. The van der Waals surface area contributed by atoms with Crippen LogP contribution in [0, 0.1) is 17.0 Å². The Labute approximate surface area is 167 Å². The molecule has 1 saturated carbocycles. The highest BCUT2D eigenvalue weighted by atomic mass is 32.1. The third-order valence-corrected chi connectivity index (χ3v) is 6.31. The van der Waals surface area contributed by atoms with E-state index in [4.69, 9.17) is 4.98 Å². The second-order valence-corrected chi connectivity index (χ2v) is 8.03. The van der Waals surface area contributed by atoms with Crippen LogP contribution >= 0.6 is 11.3 Å². The lowest BCUT2D eigenvalue weighted by Gasteiger charge is -2.18. The quantitative estimate of drug-likeness (QED) is 0.446. The lowest BCUT2D eigenvalue weighted by Crippen LogP contribution is -2.03. The van der Waals surface area contributed by atoms with Crippen LogP contribution in [0.15, 0.2) is 36.5 Å². The molecule has 0 unspecified atom stereocenters. The number of rotatable bonds is 5. The lowest BCUT2D eigenvalue weighted by atomic mass is 9.90. The maximum absolute atomic E-state index is 11.0. The molecule has 1 aliphatic rings. The summed E-state index contributed by atoms with van der Waals surface area (Å²) in [6.07, 6.45) is 8.02. The smallest absolute Gasteiger partial charge is 0.271 e.